The number of nitrogens with zero attached hydrogens (tertiary/aromatic N) is 4. The molecule has 0 saturated carbocycles. The minimum absolute atomic E-state index is 0.234. The predicted octanol–water partition coefficient (Wildman–Crippen LogP) is 5.01. The van der Waals surface area contributed by atoms with Crippen LogP contribution in [0.25, 0.3) is 11.2 Å². The maximum Gasteiger partial charge on any atom is 0.191 e. The zero-order valence-corrected chi connectivity index (χ0v) is 17.4. The SMILES string of the molecule is CC(C)(C)[Si](C)(C)OC[C@H]1CC=C[C@@H](n2cnc3c(Cl)ncnc32)C1. The molecule has 5 nitrogen and oxygen atoms in total. The molecule has 7 heteroatoms. The fourth-order valence-electron chi connectivity index (χ4n) is 2.90. The molecule has 0 unspecified atom stereocenters. The lowest BCUT2D eigenvalue weighted by atomic mass is 9.91. The van der Waals surface area contributed by atoms with Crippen LogP contribution in [0.2, 0.25) is 23.3 Å². The number of hydrogen-bond acceptors (Lipinski definition) is 4. The minimum atomic E-state index is -1.71. The summed E-state index contributed by atoms with van der Waals surface area (Å²) in [5.74, 6) is 0.513. The van der Waals surface area contributed by atoms with E-state index < -0.39 is 8.32 Å². The minimum Gasteiger partial charge on any atom is -0.417 e. The van der Waals surface area contributed by atoms with Gasteiger partial charge in [0.15, 0.2) is 19.1 Å². The second kappa shape index (κ2) is 6.82. The van der Waals surface area contributed by atoms with Crippen LogP contribution in [0, 0.1) is 5.92 Å². The summed E-state index contributed by atoms with van der Waals surface area (Å²) in [5.41, 5.74) is 1.46. The number of aromatic nitrogens is 4. The van der Waals surface area contributed by atoms with Crippen molar-refractivity contribution in [3.05, 3.63) is 30.0 Å². The highest BCUT2D eigenvalue weighted by Gasteiger charge is 2.37. The van der Waals surface area contributed by atoms with Gasteiger partial charge in [-0.25, -0.2) is 15.0 Å². The van der Waals surface area contributed by atoms with Gasteiger partial charge >= 0.3 is 0 Å². The highest BCUT2D eigenvalue weighted by atomic mass is 35.5. The van der Waals surface area contributed by atoms with Crippen LogP contribution in [-0.4, -0.2) is 34.4 Å². The molecule has 2 aromatic heterocycles. The molecule has 2 aromatic rings. The average molecular weight is 379 g/mol. The average Bonchev–Trinajstić information content (AvgIpc) is 2.98. The smallest absolute Gasteiger partial charge is 0.191 e. The monoisotopic (exact) mass is 378 g/mol. The molecule has 1 aliphatic carbocycles. The van der Waals surface area contributed by atoms with E-state index in [4.69, 9.17) is 16.0 Å². The van der Waals surface area contributed by atoms with Crippen molar-refractivity contribution in [1.82, 2.24) is 19.5 Å². The van der Waals surface area contributed by atoms with E-state index in [0.717, 1.165) is 25.1 Å². The summed E-state index contributed by atoms with van der Waals surface area (Å²) in [4.78, 5) is 12.8. The second-order valence-corrected chi connectivity index (χ2v) is 13.6. The molecule has 1 aliphatic rings. The molecule has 0 bridgehead atoms. The lowest BCUT2D eigenvalue weighted by molar-refractivity contribution is 0.207. The molecule has 136 valence electrons. The number of fused-ring (bicyclic) bond motifs is 1. The Labute approximate surface area is 155 Å². The van der Waals surface area contributed by atoms with E-state index in [1.807, 2.05) is 6.33 Å². The normalized spacial score (nSPS) is 21.8. The largest absolute Gasteiger partial charge is 0.417 e. The number of hydrogen-bond donors (Lipinski definition) is 0. The fourth-order valence-corrected chi connectivity index (χ4v) is 4.16. The number of halogens is 1. The van der Waals surface area contributed by atoms with Gasteiger partial charge in [-0.3, -0.25) is 0 Å². The summed E-state index contributed by atoms with van der Waals surface area (Å²) in [5, 5.41) is 0.645. The van der Waals surface area contributed by atoms with Gasteiger partial charge in [-0.05, 0) is 36.9 Å². The highest BCUT2D eigenvalue weighted by molar-refractivity contribution is 6.74. The Balaban J connectivity index is 1.72. The summed E-state index contributed by atoms with van der Waals surface area (Å²) in [6, 6.07) is 0.234. The van der Waals surface area contributed by atoms with E-state index in [2.05, 4.69) is 65.5 Å². The van der Waals surface area contributed by atoms with E-state index in [0.29, 0.717) is 16.6 Å². The van der Waals surface area contributed by atoms with Crippen molar-refractivity contribution >= 4 is 31.1 Å². The summed E-state index contributed by atoms with van der Waals surface area (Å²) in [6.45, 7) is 12.3. The Morgan fingerprint density at radius 1 is 1.28 bits per heavy atom. The first-order valence-corrected chi connectivity index (χ1v) is 12.1. The molecular weight excluding hydrogens is 352 g/mol. The van der Waals surface area contributed by atoms with Crippen LogP contribution in [0.15, 0.2) is 24.8 Å². The molecule has 0 fully saturated rings. The topological polar surface area (TPSA) is 52.8 Å². The predicted molar refractivity (Wildman–Crippen MR) is 104 cm³/mol. The van der Waals surface area contributed by atoms with Crippen molar-refractivity contribution < 1.29 is 4.43 Å². The second-order valence-electron chi connectivity index (χ2n) is 8.39. The summed E-state index contributed by atoms with van der Waals surface area (Å²) in [7, 11) is -1.71. The Kier molecular flexibility index (Phi) is 5.06. The first-order valence-electron chi connectivity index (χ1n) is 8.83. The molecule has 0 aromatic carbocycles. The van der Waals surface area contributed by atoms with Gasteiger partial charge in [-0.15, -0.1) is 0 Å². The maximum atomic E-state index is 6.44. The quantitative estimate of drug-likeness (QED) is 0.426. The van der Waals surface area contributed by atoms with Gasteiger partial charge < -0.3 is 8.99 Å². The molecule has 2 atom stereocenters. The number of allylic oxidation sites excluding steroid dienone is 2. The number of imidazole rings is 1. The molecule has 0 aliphatic heterocycles. The lowest BCUT2D eigenvalue weighted by Crippen LogP contribution is -2.42. The van der Waals surface area contributed by atoms with Gasteiger partial charge in [-0.2, -0.15) is 0 Å². The van der Waals surface area contributed by atoms with Crippen LogP contribution >= 0.6 is 11.6 Å². The van der Waals surface area contributed by atoms with Gasteiger partial charge in [0.2, 0.25) is 0 Å². The van der Waals surface area contributed by atoms with Crippen molar-refractivity contribution in [3.8, 4) is 0 Å². The van der Waals surface area contributed by atoms with Crippen LogP contribution in [-0.2, 0) is 4.43 Å². The summed E-state index contributed by atoms with van der Waals surface area (Å²) >= 11 is 6.12. The Hall–Kier alpha value is -1.24. The third-order valence-electron chi connectivity index (χ3n) is 5.56. The summed E-state index contributed by atoms with van der Waals surface area (Å²) < 4.78 is 8.53. The van der Waals surface area contributed by atoms with Gasteiger partial charge in [0.1, 0.15) is 11.8 Å². The molecule has 0 spiro atoms. The Bertz CT molecular complexity index is 781. The van der Waals surface area contributed by atoms with E-state index in [-0.39, 0.29) is 11.1 Å². The molecule has 0 amide bonds. The molecule has 2 heterocycles. The van der Waals surface area contributed by atoms with E-state index in [1.165, 1.54) is 6.33 Å². The molecule has 3 rings (SSSR count). The first kappa shape index (κ1) is 18.5. The van der Waals surface area contributed by atoms with Crippen LogP contribution in [0.5, 0.6) is 0 Å². The zero-order valence-electron chi connectivity index (χ0n) is 15.7. The maximum absolute atomic E-state index is 6.44. The van der Waals surface area contributed by atoms with E-state index in [9.17, 15) is 0 Å². The van der Waals surface area contributed by atoms with Gasteiger partial charge in [0.05, 0.1) is 12.4 Å². The fraction of sp³-hybridized carbons (Fsp3) is 0.611. The van der Waals surface area contributed by atoms with Gasteiger partial charge in [-0.1, -0.05) is 44.5 Å². The summed E-state index contributed by atoms with van der Waals surface area (Å²) in [6.07, 6.45) is 9.89. The van der Waals surface area contributed by atoms with E-state index >= 15 is 0 Å². The Morgan fingerprint density at radius 3 is 2.76 bits per heavy atom. The van der Waals surface area contributed by atoms with Crippen molar-refractivity contribution in [1.29, 1.82) is 0 Å². The zero-order chi connectivity index (χ0) is 18.2. The van der Waals surface area contributed by atoms with Crippen molar-refractivity contribution in [2.24, 2.45) is 5.92 Å². The van der Waals surface area contributed by atoms with E-state index in [1.54, 1.807) is 0 Å². The molecule has 25 heavy (non-hydrogen) atoms. The van der Waals surface area contributed by atoms with Crippen LogP contribution < -0.4 is 0 Å². The van der Waals surface area contributed by atoms with Gasteiger partial charge in [0, 0.05) is 6.61 Å². The van der Waals surface area contributed by atoms with Crippen LogP contribution in [0.1, 0.15) is 39.7 Å². The highest BCUT2D eigenvalue weighted by Crippen LogP contribution is 2.38. The third-order valence-corrected chi connectivity index (χ3v) is 10.3. The number of rotatable bonds is 4. The molecule has 0 N–H and O–H groups in total. The van der Waals surface area contributed by atoms with Crippen LogP contribution in [0.4, 0.5) is 0 Å². The van der Waals surface area contributed by atoms with Crippen molar-refractivity contribution in [2.75, 3.05) is 6.61 Å². The van der Waals surface area contributed by atoms with Gasteiger partial charge in [0.25, 0.3) is 0 Å². The molecule has 0 radical (unpaired) electrons. The standard InChI is InChI=1S/C18H27ClN4OSi/c1-18(2,3)25(4,5)24-10-13-7-6-8-14(9-13)23-12-22-15-16(19)20-11-21-17(15)23/h6,8,11-14H,7,9-10H2,1-5H3/t13-,14+/m0/s1. The van der Waals surface area contributed by atoms with Crippen molar-refractivity contribution in [2.45, 2.75) is 57.8 Å². The lowest BCUT2D eigenvalue weighted by Gasteiger charge is -2.38. The molecule has 0 saturated heterocycles. The first-order chi connectivity index (χ1) is 11.7. The van der Waals surface area contributed by atoms with Crippen LogP contribution in [0.3, 0.4) is 0 Å². The van der Waals surface area contributed by atoms with Crippen molar-refractivity contribution in [3.63, 3.8) is 0 Å². The molecular formula is C18H27ClN4OSi. The third kappa shape index (κ3) is 3.81. The Morgan fingerprint density at radius 2 is 2.04 bits per heavy atom.